The van der Waals surface area contributed by atoms with Crippen molar-refractivity contribution in [3.63, 3.8) is 0 Å². The minimum absolute atomic E-state index is 0.0229. The van der Waals surface area contributed by atoms with Gasteiger partial charge in [0.1, 0.15) is 17.4 Å². The van der Waals surface area contributed by atoms with Crippen LogP contribution in [0.2, 0.25) is 0 Å². The van der Waals surface area contributed by atoms with E-state index in [-0.39, 0.29) is 10.5 Å². The summed E-state index contributed by atoms with van der Waals surface area (Å²) in [5.41, 5.74) is 0.773. The van der Waals surface area contributed by atoms with Crippen molar-refractivity contribution in [2.75, 3.05) is 0 Å². The van der Waals surface area contributed by atoms with E-state index in [1.54, 1.807) is 36.4 Å². The molecule has 1 atom stereocenters. The highest BCUT2D eigenvalue weighted by atomic mass is 32.2. The second kappa shape index (κ2) is 6.16. The molecule has 0 aromatic heterocycles. The minimum Gasteiger partial charge on any atom is -0.487 e. The summed E-state index contributed by atoms with van der Waals surface area (Å²) < 4.78 is 33.3. The Morgan fingerprint density at radius 1 is 1.20 bits per heavy atom. The highest BCUT2D eigenvalue weighted by molar-refractivity contribution is 7.89. The summed E-state index contributed by atoms with van der Waals surface area (Å²) in [6.07, 6.45) is 0.590. The van der Waals surface area contributed by atoms with Gasteiger partial charge in [0.2, 0.25) is 10.0 Å². The molecule has 132 valence electrons. The molecule has 0 radical (unpaired) electrons. The summed E-state index contributed by atoms with van der Waals surface area (Å²) in [6, 6.07) is 11.4. The summed E-state index contributed by atoms with van der Waals surface area (Å²) in [5, 5.41) is 9.41. The van der Waals surface area contributed by atoms with Crippen LogP contribution in [0, 0.1) is 0 Å². The van der Waals surface area contributed by atoms with Gasteiger partial charge in [-0.25, -0.2) is 8.42 Å². The molecule has 0 fully saturated rings. The van der Waals surface area contributed by atoms with E-state index in [9.17, 15) is 18.3 Å². The molecule has 0 amide bonds. The quantitative estimate of drug-likeness (QED) is 0.854. The van der Waals surface area contributed by atoms with Gasteiger partial charge in [-0.05, 0) is 43.2 Å². The number of carbonyl (C=O) groups is 1. The number of aliphatic carboxylic acids is 1. The molecule has 0 saturated carbocycles. The maximum absolute atomic E-state index is 12.7. The molecule has 25 heavy (non-hydrogen) atoms. The first-order valence-electron chi connectivity index (χ1n) is 7.80. The van der Waals surface area contributed by atoms with E-state index < -0.39 is 22.0 Å². The fraction of sp³-hybridized carbons (Fsp3) is 0.278. The summed E-state index contributed by atoms with van der Waals surface area (Å²) in [7, 11) is -4.00. The SMILES string of the molecule is CC1(C)Cc2cc(S(=O)(=O)N[C@@H](C(=O)O)c3ccccc3)ccc2O1. The summed E-state index contributed by atoms with van der Waals surface area (Å²) in [5.74, 6) is -0.609. The average molecular weight is 361 g/mol. The van der Waals surface area contributed by atoms with Crippen molar-refractivity contribution in [2.24, 2.45) is 0 Å². The Kier molecular flexibility index (Phi) is 4.30. The van der Waals surface area contributed by atoms with Crippen LogP contribution in [0.25, 0.3) is 0 Å². The lowest BCUT2D eigenvalue weighted by molar-refractivity contribution is -0.139. The van der Waals surface area contributed by atoms with Crippen molar-refractivity contribution in [1.29, 1.82) is 0 Å². The van der Waals surface area contributed by atoms with Crippen LogP contribution in [0.4, 0.5) is 0 Å². The second-order valence-corrected chi connectivity index (χ2v) is 8.33. The molecule has 2 N–H and O–H groups in total. The number of carboxylic acid groups (broad SMARTS) is 1. The number of ether oxygens (including phenoxy) is 1. The van der Waals surface area contributed by atoms with E-state index in [0.29, 0.717) is 17.7 Å². The Hall–Kier alpha value is -2.38. The van der Waals surface area contributed by atoms with Crippen molar-refractivity contribution in [3.05, 3.63) is 59.7 Å². The number of carboxylic acids is 1. The van der Waals surface area contributed by atoms with E-state index in [1.165, 1.54) is 12.1 Å². The van der Waals surface area contributed by atoms with Gasteiger partial charge in [0.15, 0.2) is 0 Å². The maximum Gasteiger partial charge on any atom is 0.326 e. The molecule has 0 saturated heterocycles. The number of nitrogens with one attached hydrogen (secondary N) is 1. The monoisotopic (exact) mass is 361 g/mol. The topological polar surface area (TPSA) is 92.7 Å². The summed E-state index contributed by atoms with van der Waals surface area (Å²) in [6.45, 7) is 3.85. The Bertz CT molecular complexity index is 906. The standard InChI is InChI=1S/C18H19NO5S/c1-18(2)11-13-10-14(8-9-15(13)24-18)25(22,23)19-16(17(20)21)12-6-4-3-5-7-12/h3-10,16,19H,11H2,1-2H3,(H,20,21)/t16-/m1/s1. The fourth-order valence-corrected chi connectivity index (χ4v) is 4.11. The smallest absolute Gasteiger partial charge is 0.326 e. The van der Waals surface area contributed by atoms with Crippen LogP contribution in [0.15, 0.2) is 53.4 Å². The molecule has 7 heteroatoms. The molecule has 1 heterocycles. The molecule has 0 bridgehead atoms. The van der Waals surface area contributed by atoms with Crippen LogP contribution in [0.5, 0.6) is 5.75 Å². The van der Waals surface area contributed by atoms with Crippen LogP contribution < -0.4 is 9.46 Å². The highest BCUT2D eigenvalue weighted by Crippen LogP contribution is 2.36. The molecule has 2 aromatic rings. The molecule has 0 aliphatic carbocycles. The Morgan fingerprint density at radius 3 is 2.52 bits per heavy atom. The Labute approximate surface area is 146 Å². The maximum atomic E-state index is 12.7. The molecule has 3 rings (SSSR count). The zero-order chi connectivity index (χ0) is 18.2. The number of benzene rings is 2. The summed E-state index contributed by atoms with van der Waals surface area (Å²) in [4.78, 5) is 11.6. The number of rotatable bonds is 5. The van der Waals surface area contributed by atoms with Gasteiger partial charge in [0.05, 0.1) is 4.90 Å². The first-order chi connectivity index (χ1) is 11.7. The Morgan fingerprint density at radius 2 is 1.88 bits per heavy atom. The predicted molar refractivity (Wildman–Crippen MR) is 92.0 cm³/mol. The van der Waals surface area contributed by atoms with Gasteiger partial charge in [0, 0.05) is 6.42 Å². The average Bonchev–Trinajstić information content (AvgIpc) is 2.86. The van der Waals surface area contributed by atoms with Gasteiger partial charge in [-0.2, -0.15) is 4.72 Å². The normalized spacial score (nSPS) is 16.7. The van der Waals surface area contributed by atoms with E-state index in [1.807, 2.05) is 13.8 Å². The van der Waals surface area contributed by atoms with Crippen LogP contribution in [-0.2, 0) is 21.2 Å². The molecular weight excluding hydrogens is 342 g/mol. The lowest BCUT2D eigenvalue weighted by atomic mass is 10.0. The largest absolute Gasteiger partial charge is 0.487 e. The van der Waals surface area contributed by atoms with E-state index in [4.69, 9.17) is 4.74 Å². The number of fused-ring (bicyclic) bond motifs is 1. The zero-order valence-corrected chi connectivity index (χ0v) is 14.7. The first kappa shape index (κ1) is 17.4. The molecule has 1 aliphatic rings. The van der Waals surface area contributed by atoms with Crippen molar-refractivity contribution >= 4 is 16.0 Å². The number of sulfonamides is 1. The molecule has 2 aromatic carbocycles. The van der Waals surface area contributed by atoms with Gasteiger partial charge in [0.25, 0.3) is 0 Å². The third-order valence-electron chi connectivity index (χ3n) is 4.00. The van der Waals surface area contributed by atoms with Crippen LogP contribution in [0.1, 0.15) is 31.0 Å². The number of hydrogen-bond donors (Lipinski definition) is 2. The first-order valence-corrected chi connectivity index (χ1v) is 9.28. The van der Waals surface area contributed by atoms with Crippen LogP contribution in [0.3, 0.4) is 0 Å². The van der Waals surface area contributed by atoms with Crippen molar-refractivity contribution in [3.8, 4) is 5.75 Å². The fourth-order valence-electron chi connectivity index (χ4n) is 2.88. The van der Waals surface area contributed by atoms with Crippen molar-refractivity contribution < 1.29 is 23.1 Å². The molecule has 0 spiro atoms. The van der Waals surface area contributed by atoms with Crippen molar-refractivity contribution in [2.45, 2.75) is 36.8 Å². The lowest BCUT2D eigenvalue weighted by Crippen LogP contribution is -2.33. The minimum atomic E-state index is -4.00. The highest BCUT2D eigenvalue weighted by Gasteiger charge is 2.32. The molecular formula is C18H19NO5S. The number of hydrogen-bond acceptors (Lipinski definition) is 4. The Balaban J connectivity index is 1.91. The third kappa shape index (κ3) is 3.67. The molecule has 0 unspecified atom stereocenters. The summed E-state index contributed by atoms with van der Waals surface area (Å²) >= 11 is 0. The van der Waals surface area contributed by atoms with E-state index in [2.05, 4.69) is 4.72 Å². The van der Waals surface area contributed by atoms with Crippen LogP contribution in [-0.4, -0.2) is 25.1 Å². The second-order valence-electron chi connectivity index (χ2n) is 6.61. The van der Waals surface area contributed by atoms with E-state index in [0.717, 1.165) is 5.56 Å². The van der Waals surface area contributed by atoms with Gasteiger partial charge in [-0.1, -0.05) is 30.3 Å². The van der Waals surface area contributed by atoms with Gasteiger partial charge >= 0.3 is 5.97 Å². The third-order valence-corrected chi connectivity index (χ3v) is 5.42. The van der Waals surface area contributed by atoms with Gasteiger partial charge in [-0.15, -0.1) is 0 Å². The lowest BCUT2D eigenvalue weighted by Gasteiger charge is -2.16. The van der Waals surface area contributed by atoms with Crippen LogP contribution >= 0.6 is 0 Å². The van der Waals surface area contributed by atoms with Gasteiger partial charge < -0.3 is 9.84 Å². The molecule has 6 nitrogen and oxygen atoms in total. The molecule has 1 aliphatic heterocycles. The van der Waals surface area contributed by atoms with E-state index >= 15 is 0 Å². The van der Waals surface area contributed by atoms with Crippen molar-refractivity contribution in [1.82, 2.24) is 4.72 Å². The predicted octanol–water partition coefficient (Wildman–Crippen LogP) is 2.50. The zero-order valence-electron chi connectivity index (χ0n) is 13.9. The van der Waals surface area contributed by atoms with Gasteiger partial charge in [-0.3, -0.25) is 4.79 Å².